The van der Waals surface area contributed by atoms with Crippen LogP contribution in [0.5, 0.6) is 0 Å². The number of benzene rings is 1. The lowest BCUT2D eigenvalue weighted by molar-refractivity contribution is -0.175. The summed E-state index contributed by atoms with van der Waals surface area (Å²) >= 11 is 0. The molecule has 2 amide bonds. The Morgan fingerprint density at radius 3 is 2.53 bits per heavy atom. The fourth-order valence-corrected chi connectivity index (χ4v) is 3.93. The van der Waals surface area contributed by atoms with Crippen LogP contribution in [0.3, 0.4) is 0 Å². The average Bonchev–Trinajstić information content (AvgIpc) is 3.01. The van der Waals surface area contributed by atoms with Crippen molar-refractivity contribution in [2.75, 3.05) is 12.1 Å². The fourth-order valence-electron chi connectivity index (χ4n) is 3.93. The molecule has 0 radical (unpaired) electrons. The Bertz CT molecular complexity index is 990. The molecule has 1 saturated heterocycles. The van der Waals surface area contributed by atoms with E-state index >= 15 is 0 Å². The molecule has 0 spiro atoms. The first kappa shape index (κ1) is 23.5. The summed E-state index contributed by atoms with van der Waals surface area (Å²) in [6.07, 6.45) is -0.518. The molecule has 2 N–H and O–H groups in total. The number of amides is 2. The number of β-lactam (4-membered cyclic amide) rings is 1. The second kappa shape index (κ2) is 8.74. The van der Waals surface area contributed by atoms with E-state index in [4.69, 9.17) is 9.47 Å². The van der Waals surface area contributed by atoms with Crippen LogP contribution >= 0.6 is 0 Å². The predicted octanol–water partition coefficient (Wildman–Crippen LogP) is 2.06. The van der Waals surface area contributed by atoms with Gasteiger partial charge in [0.2, 0.25) is 18.6 Å². The van der Waals surface area contributed by atoms with Crippen molar-refractivity contribution in [1.82, 2.24) is 4.90 Å². The number of aliphatic hydroxyl groups excluding tert-OH is 1. The third-order valence-electron chi connectivity index (χ3n) is 5.45. The van der Waals surface area contributed by atoms with Crippen LogP contribution < -0.4 is 5.32 Å². The molecule has 9 nitrogen and oxygen atoms in total. The van der Waals surface area contributed by atoms with Crippen LogP contribution in [-0.4, -0.2) is 52.7 Å². The van der Waals surface area contributed by atoms with Gasteiger partial charge in [0.25, 0.3) is 0 Å². The predicted molar refractivity (Wildman–Crippen MR) is 115 cm³/mol. The number of carbonyl (C=O) groups excluding carboxylic acids is 4. The van der Waals surface area contributed by atoms with E-state index in [1.165, 1.54) is 11.8 Å². The van der Waals surface area contributed by atoms with Gasteiger partial charge in [-0.15, -0.1) is 0 Å². The van der Waals surface area contributed by atoms with Crippen molar-refractivity contribution in [2.45, 2.75) is 53.2 Å². The summed E-state index contributed by atoms with van der Waals surface area (Å²) < 4.78 is 10.2. The molecule has 1 aromatic carbocycles. The van der Waals surface area contributed by atoms with E-state index in [-0.39, 0.29) is 23.6 Å². The summed E-state index contributed by atoms with van der Waals surface area (Å²) in [5.74, 6) is -2.55. The number of rotatable bonds is 6. The number of nitrogens with zero attached hydrogens (tertiary/aromatic N) is 1. The van der Waals surface area contributed by atoms with E-state index in [2.05, 4.69) is 5.32 Å². The van der Waals surface area contributed by atoms with Gasteiger partial charge in [0, 0.05) is 12.6 Å². The Morgan fingerprint density at radius 1 is 1.25 bits per heavy atom. The van der Waals surface area contributed by atoms with Crippen molar-refractivity contribution >= 4 is 35.0 Å². The molecule has 1 aromatic rings. The van der Waals surface area contributed by atoms with Crippen LogP contribution in [0.1, 0.15) is 46.6 Å². The van der Waals surface area contributed by atoms with Gasteiger partial charge < -0.3 is 24.8 Å². The Morgan fingerprint density at radius 2 is 1.94 bits per heavy atom. The van der Waals surface area contributed by atoms with Crippen molar-refractivity contribution in [3.63, 3.8) is 0 Å². The van der Waals surface area contributed by atoms with E-state index in [0.717, 1.165) is 0 Å². The van der Waals surface area contributed by atoms with E-state index in [9.17, 15) is 24.3 Å². The van der Waals surface area contributed by atoms with Gasteiger partial charge in [0.15, 0.2) is 0 Å². The molecule has 3 atom stereocenters. The maximum atomic E-state index is 12.9. The van der Waals surface area contributed by atoms with Gasteiger partial charge in [-0.1, -0.05) is 12.1 Å². The number of nitrogens with one attached hydrogen (secondary N) is 1. The average molecular weight is 444 g/mol. The summed E-state index contributed by atoms with van der Waals surface area (Å²) in [5, 5.41) is 12.7. The van der Waals surface area contributed by atoms with Gasteiger partial charge in [0.05, 0.1) is 23.5 Å². The van der Waals surface area contributed by atoms with E-state index in [0.29, 0.717) is 23.2 Å². The van der Waals surface area contributed by atoms with Gasteiger partial charge in [0.1, 0.15) is 5.70 Å². The minimum Gasteiger partial charge on any atom is -0.427 e. The van der Waals surface area contributed by atoms with Crippen molar-refractivity contribution in [3.05, 3.63) is 35.5 Å². The Hall–Kier alpha value is -3.20. The van der Waals surface area contributed by atoms with E-state index in [1.807, 2.05) is 0 Å². The second-order valence-corrected chi connectivity index (χ2v) is 9.07. The topological polar surface area (TPSA) is 122 Å². The lowest BCUT2D eigenvalue weighted by atomic mass is 9.82. The Kier molecular flexibility index (Phi) is 6.41. The maximum Gasteiger partial charge on any atom is 0.358 e. The number of carbonyl (C=O) groups is 4. The minimum atomic E-state index is -0.862. The standard InChI is InChI=1S/C23H28N2O7/c1-12(26)18-17-10-16(14-7-6-8-15(9-14)24-13(2)27)19(25(17)20(18)28)21(29)31-11-32-22(30)23(3,4)5/h6-9,12,17-18,26H,10-11H2,1-5H3,(H,24,27)/t12-,17-,18-/m1/s1. The summed E-state index contributed by atoms with van der Waals surface area (Å²) in [7, 11) is 0. The molecule has 0 bridgehead atoms. The molecular weight excluding hydrogens is 416 g/mol. The molecule has 1 fully saturated rings. The number of anilines is 1. The molecule has 172 valence electrons. The highest BCUT2D eigenvalue weighted by Gasteiger charge is 2.57. The molecule has 0 unspecified atom stereocenters. The van der Waals surface area contributed by atoms with Crippen LogP contribution in [0, 0.1) is 11.3 Å². The van der Waals surface area contributed by atoms with Crippen LogP contribution in [0.2, 0.25) is 0 Å². The van der Waals surface area contributed by atoms with Crippen LogP contribution in [0.4, 0.5) is 5.69 Å². The van der Waals surface area contributed by atoms with E-state index in [1.54, 1.807) is 52.0 Å². The largest absolute Gasteiger partial charge is 0.427 e. The van der Waals surface area contributed by atoms with Crippen molar-refractivity contribution in [1.29, 1.82) is 0 Å². The number of esters is 2. The lowest BCUT2D eigenvalue weighted by Gasteiger charge is -2.44. The molecule has 32 heavy (non-hydrogen) atoms. The zero-order valence-corrected chi connectivity index (χ0v) is 18.8. The highest BCUT2D eigenvalue weighted by molar-refractivity contribution is 6.07. The number of hydrogen-bond donors (Lipinski definition) is 2. The third kappa shape index (κ3) is 4.52. The lowest BCUT2D eigenvalue weighted by Crippen LogP contribution is -2.61. The Labute approximate surface area is 186 Å². The van der Waals surface area contributed by atoms with Crippen LogP contribution in [0.25, 0.3) is 5.57 Å². The fraction of sp³-hybridized carbons (Fsp3) is 0.478. The first-order valence-corrected chi connectivity index (χ1v) is 10.4. The molecular formula is C23H28N2O7. The van der Waals surface area contributed by atoms with Crippen molar-refractivity contribution in [3.8, 4) is 0 Å². The number of hydrogen-bond acceptors (Lipinski definition) is 7. The molecule has 0 aromatic heterocycles. The van der Waals surface area contributed by atoms with Gasteiger partial charge in [-0.2, -0.15) is 0 Å². The molecule has 3 rings (SSSR count). The maximum absolute atomic E-state index is 12.9. The Balaban J connectivity index is 1.89. The van der Waals surface area contributed by atoms with Gasteiger partial charge in [-0.05, 0) is 57.4 Å². The zero-order chi connectivity index (χ0) is 23.8. The first-order valence-electron chi connectivity index (χ1n) is 10.4. The van der Waals surface area contributed by atoms with Gasteiger partial charge >= 0.3 is 11.9 Å². The molecule has 2 aliphatic heterocycles. The minimum absolute atomic E-state index is 0.0590. The number of fused-ring (bicyclic) bond motifs is 1. The monoisotopic (exact) mass is 444 g/mol. The third-order valence-corrected chi connectivity index (χ3v) is 5.45. The second-order valence-electron chi connectivity index (χ2n) is 9.07. The van der Waals surface area contributed by atoms with Gasteiger partial charge in [-0.25, -0.2) is 4.79 Å². The molecule has 9 heteroatoms. The summed E-state index contributed by atoms with van der Waals surface area (Å²) in [4.78, 5) is 50.3. The van der Waals surface area contributed by atoms with E-state index < -0.39 is 36.2 Å². The molecule has 2 heterocycles. The normalized spacial score (nSPS) is 20.9. The molecule has 0 aliphatic carbocycles. The zero-order valence-electron chi connectivity index (χ0n) is 18.8. The molecule has 2 aliphatic rings. The summed E-state index contributed by atoms with van der Waals surface area (Å²) in [6, 6.07) is 6.54. The summed E-state index contributed by atoms with van der Waals surface area (Å²) in [6.45, 7) is 7.38. The smallest absolute Gasteiger partial charge is 0.358 e. The first-order chi connectivity index (χ1) is 14.9. The highest BCUT2D eigenvalue weighted by Crippen LogP contribution is 2.47. The molecule has 0 saturated carbocycles. The van der Waals surface area contributed by atoms with Gasteiger partial charge in [-0.3, -0.25) is 14.4 Å². The SMILES string of the molecule is CC(=O)Nc1cccc(C2=C(C(=O)OCOC(=O)C(C)(C)C)N3C(=O)[C@H]([C@@H](C)O)[C@H]3C2)c1. The number of aliphatic hydroxyl groups is 1. The summed E-state index contributed by atoms with van der Waals surface area (Å²) in [5.41, 5.74) is 1.05. The van der Waals surface area contributed by atoms with Crippen LogP contribution in [-0.2, 0) is 28.7 Å². The number of ether oxygens (including phenoxy) is 2. The highest BCUT2D eigenvalue weighted by atomic mass is 16.7. The van der Waals surface area contributed by atoms with Crippen LogP contribution in [0.15, 0.2) is 30.0 Å². The quantitative estimate of drug-likeness (QED) is 0.391. The van der Waals surface area contributed by atoms with Crippen molar-refractivity contribution < 1.29 is 33.8 Å². The van der Waals surface area contributed by atoms with Crippen molar-refractivity contribution in [2.24, 2.45) is 11.3 Å².